The summed E-state index contributed by atoms with van der Waals surface area (Å²) in [5, 5.41) is 28.4. The lowest BCUT2D eigenvalue weighted by molar-refractivity contribution is 0.0599. The number of carboxylic acids is 1. The quantitative estimate of drug-likeness (QED) is 0.0786. The van der Waals surface area contributed by atoms with Gasteiger partial charge in [0.25, 0.3) is 11.8 Å². The van der Waals surface area contributed by atoms with Gasteiger partial charge in [-0.05, 0) is 118 Å². The molecule has 0 radical (unpaired) electrons. The first kappa shape index (κ1) is 51.7. The molecular formula is C50H49Br2IN8O6. The minimum absolute atomic E-state index is 0. The Kier molecular flexibility index (Phi) is 17.7. The van der Waals surface area contributed by atoms with E-state index in [0.29, 0.717) is 44.7 Å². The second kappa shape index (κ2) is 22.9. The van der Waals surface area contributed by atoms with Crippen LogP contribution >= 0.6 is 55.8 Å². The highest BCUT2D eigenvalue weighted by molar-refractivity contribution is 14.0. The van der Waals surface area contributed by atoms with Crippen molar-refractivity contribution in [1.29, 1.82) is 0 Å². The molecule has 4 aromatic heterocycles. The van der Waals surface area contributed by atoms with Gasteiger partial charge in [0, 0.05) is 23.2 Å². The monoisotopic (exact) mass is 1140 g/mol. The Morgan fingerprint density at radius 2 is 1.00 bits per heavy atom. The Morgan fingerprint density at radius 3 is 1.37 bits per heavy atom. The SMILES string of the molecule is C.COC(=O)c1ccc([C@H](C)NC(=O)c2c(Br)c(C)nn2Cc2cc3ccccc3cn2)cc1.Cc1nn(Cc2cc3ccccc3cn2)c(C(=O)N[C@@H](C)c2ccc(C(=O)O)cc2)c1Br.I. The number of pyridine rings is 2. The Bertz CT molecular complexity index is 3070. The van der Waals surface area contributed by atoms with Crippen molar-refractivity contribution < 1.29 is 29.0 Å². The van der Waals surface area contributed by atoms with Crippen LogP contribution < -0.4 is 10.6 Å². The first-order valence-corrected chi connectivity index (χ1v) is 22.1. The molecule has 0 unspecified atom stereocenters. The number of rotatable bonds is 12. The number of nitrogens with zero attached hydrogens (tertiary/aromatic N) is 6. The summed E-state index contributed by atoms with van der Waals surface area (Å²) in [4.78, 5) is 58.1. The lowest BCUT2D eigenvalue weighted by Gasteiger charge is -2.16. The number of hydrogen-bond acceptors (Lipinski definition) is 9. The number of hydrogen-bond donors (Lipinski definition) is 3. The van der Waals surface area contributed by atoms with E-state index in [-0.39, 0.29) is 60.9 Å². The van der Waals surface area contributed by atoms with E-state index in [0.717, 1.165) is 49.8 Å². The molecule has 17 heteroatoms. The van der Waals surface area contributed by atoms with Gasteiger partial charge in [-0.1, -0.05) is 80.2 Å². The van der Waals surface area contributed by atoms with Crippen molar-refractivity contribution in [3.05, 3.63) is 187 Å². The van der Waals surface area contributed by atoms with Crippen LogP contribution in [0.5, 0.6) is 0 Å². The number of carbonyl (C=O) groups excluding carboxylic acids is 3. The van der Waals surface area contributed by atoms with E-state index in [4.69, 9.17) is 9.84 Å². The van der Waals surface area contributed by atoms with Crippen molar-refractivity contribution in [2.24, 2.45) is 0 Å². The van der Waals surface area contributed by atoms with Crippen molar-refractivity contribution in [2.45, 2.75) is 60.3 Å². The fraction of sp³-hybridized carbons (Fsp3) is 0.200. The molecule has 0 spiro atoms. The number of esters is 1. The van der Waals surface area contributed by atoms with Gasteiger partial charge >= 0.3 is 11.9 Å². The predicted molar refractivity (Wildman–Crippen MR) is 276 cm³/mol. The largest absolute Gasteiger partial charge is 0.478 e. The molecule has 4 aromatic carbocycles. The number of carbonyl (C=O) groups is 4. The van der Waals surface area contributed by atoms with E-state index < -0.39 is 11.9 Å². The van der Waals surface area contributed by atoms with Gasteiger partial charge in [0.1, 0.15) is 11.4 Å². The topological polar surface area (TPSA) is 183 Å². The average Bonchev–Trinajstić information content (AvgIpc) is 3.76. The van der Waals surface area contributed by atoms with Crippen molar-refractivity contribution in [2.75, 3.05) is 7.11 Å². The summed E-state index contributed by atoms with van der Waals surface area (Å²) < 4.78 is 9.32. The number of benzene rings is 4. The van der Waals surface area contributed by atoms with Crippen LogP contribution in [0.4, 0.5) is 0 Å². The third-order valence-corrected chi connectivity index (χ3v) is 12.6. The van der Waals surface area contributed by atoms with E-state index in [1.807, 2.05) is 101 Å². The lowest BCUT2D eigenvalue weighted by atomic mass is 10.1. The van der Waals surface area contributed by atoms with Crippen LogP contribution in [-0.4, -0.2) is 65.5 Å². The zero-order valence-electron chi connectivity index (χ0n) is 36.5. The highest BCUT2D eigenvalue weighted by atomic mass is 127. The summed E-state index contributed by atoms with van der Waals surface area (Å²) >= 11 is 7.02. The molecule has 4 heterocycles. The zero-order valence-corrected chi connectivity index (χ0v) is 42.0. The van der Waals surface area contributed by atoms with E-state index in [1.165, 1.54) is 19.2 Å². The van der Waals surface area contributed by atoms with Gasteiger partial charge in [-0.15, -0.1) is 24.0 Å². The highest BCUT2D eigenvalue weighted by Crippen LogP contribution is 2.26. The van der Waals surface area contributed by atoms with Gasteiger partial charge in [-0.25, -0.2) is 9.59 Å². The molecule has 0 aliphatic carbocycles. The van der Waals surface area contributed by atoms with Crippen molar-refractivity contribution in [3.8, 4) is 0 Å². The van der Waals surface area contributed by atoms with Crippen LogP contribution in [0.2, 0.25) is 0 Å². The normalized spacial score (nSPS) is 11.6. The summed E-state index contributed by atoms with van der Waals surface area (Å²) in [6.07, 6.45) is 3.65. The third-order valence-electron chi connectivity index (χ3n) is 10.7. The molecular weight excluding hydrogens is 1100 g/mol. The first-order valence-electron chi connectivity index (χ1n) is 20.5. The third kappa shape index (κ3) is 12.2. The van der Waals surface area contributed by atoms with Gasteiger partial charge in [0.15, 0.2) is 0 Å². The van der Waals surface area contributed by atoms with Crippen molar-refractivity contribution in [1.82, 2.24) is 40.2 Å². The fourth-order valence-electron chi connectivity index (χ4n) is 7.16. The summed E-state index contributed by atoms with van der Waals surface area (Å²) in [6, 6.07) is 32.8. The van der Waals surface area contributed by atoms with Gasteiger partial charge in [-0.2, -0.15) is 10.2 Å². The van der Waals surface area contributed by atoms with Crippen molar-refractivity contribution >= 4 is 101 Å². The summed E-state index contributed by atoms with van der Waals surface area (Å²) in [7, 11) is 1.34. The molecule has 3 N–H and O–H groups in total. The Balaban J connectivity index is 0.000000244. The number of aromatic carboxylic acids is 1. The number of methoxy groups -OCH3 is 1. The number of aryl methyl sites for hydroxylation is 2. The van der Waals surface area contributed by atoms with E-state index >= 15 is 0 Å². The molecule has 0 saturated carbocycles. The van der Waals surface area contributed by atoms with E-state index in [1.54, 1.807) is 45.8 Å². The number of amides is 2. The van der Waals surface area contributed by atoms with Crippen LogP contribution in [0.1, 0.15) is 109 Å². The Hall–Kier alpha value is -6.31. The average molecular weight is 1140 g/mol. The second-order valence-electron chi connectivity index (χ2n) is 15.3. The summed E-state index contributed by atoms with van der Waals surface area (Å²) in [5.41, 5.74) is 6.20. The number of halogens is 3. The molecule has 8 aromatic rings. The molecule has 2 atom stereocenters. The van der Waals surface area contributed by atoms with Gasteiger partial charge < -0.3 is 20.5 Å². The van der Waals surface area contributed by atoms with Crippen LogP contribution in [0, 0.1) is 13.8 Å². The number of nitrogens with one attached hydrogen (secondary N) is 2. The maximum Gasteiger partial charge on any atom is 0.337 e. The number of ether oxygens (including phenoxy) is 1. The number of carboxylic acid groups (broad SMARTS) is 1. The first-order chi connectivity index (χ1) is 31.2. The maximum atomic E-state index is 13.2. The molecule has 14 nitrogen and oxygen atoms in total. The van der Waals surface area contributed by atoms with Crippen LogP contribution in [0.3, 0.4) is 0 Å². The molecule has 0 bridgehead atoms. The summed E-state index contributed by atoms with van der Waals surface area (Å²) in [5.74, 6) is -1.93. The molecule has 0 saturated heterocycles. The molecule has 0 aliphatic rings. The fourth-order valence-corrected chi connectivity index (χ4v) is 8.08. The molecule has 0 fully saturated rings. The number of fused-ring (bicyclic) bond motifs is 2. The van der Waals surface area contributed by atoms with E-state index in [9.17, 15) is 19.2 Å². The summed E-state index contributed by atoms with van der Waals surface area (Å²) in [6.45, 7) is 8.13. The molecule has 8 rings (SSSR count). The van der Waals surface area contributed by atoms with E-state index in [2.05, 4.69) is 62.7 Å². The minimum Gasteiger partial charge on any atom is -0.478 e. The Labute approximate surface area is 421 Å². The highest BCUT2D eigenvalue weighted by Gasteiger charge is 2.24. The van der Waals surface area contributed by atoms with Gasteiger partial charge in [-0.3, -0.25) is 28.9 Å². The smallest absolute Gasteiger partial charge is 0.337 e. The Morgan fingerprint density at radius 1 is 0.627 bits per heavy atom. The van der Waals surface area contributed by atoms with Gasteiger partial charge in [0.05, 0.1) is 75.1 Å². The van der Waals surface area contributed by atoms with Crippen LogP contribution in [0.15, 0.2) is 131 Å². The van der Waals surface area contributed by atoms with Crippen molar-refractivity contribution in [3.63, 3.8) is 0 Å². The molecule has 346 valence electrons. The maximum absolute atomic E-state index is 13.2. The molecule has 0 aliphatic heterocycles. The standard InChI is InChI=1S/C25H23BrN4O3.C24H21BrN4O3.CH4.HI/c1-15(17-8-10-18(11-9-17)25(32)33-3)28-24(31)23-22(26)16(2)29-30(23)14-21-12-19-6-4-5-7-20(19)13-27-21;1-14(16-7-9-17(10-8-16)24(31)32)27-23(30)22-21(25)15(2)28-29(22)13-20-11-18-5-3-4-6-19(18)12-26-20;;/h4-13,15H,14H2,1-3H3,(H,28,31);3-12,14H,13H2,1-2H3,(H,27,30)(H,31,32);1H4;1H/t15-;14-;;/m00../s1. The van der Waals surface area contributed by atoms with Crippen LogP contribution in [-0.2, 0) is 17.8 Å². The molecule has 2 amide bonds. The predicted octanol–water partition coefficient (Wildman–Crippen LogP) is 10.8. The minimum atomic E-state index is -0.987. The second-order valence-corrected chi connectivity index (χ2v) is 16.9. The van der Waals surface area contributed by atoms with Gasteiger partial charge in [0.2, 0.25) is 0 Å². The van der Waals surface area contributed by atoms with Crippen LogP contribution in [0.25, 0.3) is 21.5 Å². The number of aromatic nitrogens is 6. The molecule has 67 heavy (non-hydrogen) atoms. The zero-order chi connectivity index (χ0) is 46.4. The lowest BCUT2D eigenvalue weighted by Crippen LogP contribution is -2.29.